The van der Waals surface area contributed by atoms with Crippen LogP contribution in [0.3, 0.4) is 0 Å². The van der Waals surface area contributed by atoms with Crippen LogP contribution in [0.15, 0.2) is 47.4 Å². The molecule has 2 aromatic carbocycles. The number of fused-ring (bicyclic) bond motifs is 1. The first-order valence-corrected chi connectivity index (χ1v) is 13.2. The Hall–Kier alpha value is -2.74. The van der Waals surface area contributed by atoms with Crippen molar-refractivity contribution in [2.45, 2.75) is 56.6 Å². The van der Waals surface area contributed by atoms with Crippen molar-refractivity contribution in [1.29, 1.82) is 0 Å². The van der Waals surface area contributed by atoms with Crippen LogP contribution in [0.1, 0.15) is 39.2 Å². The number of benzene rings is 2. The van der Waals surface area contributed by atoms with Crippen LogP contribution < -0.4 is 9.64 Å². The molecule has 1 amide bonds. The van der Waals surface area contributed by atoms with Crippen LogP contribution in [0, 0.1) is 0 Å². The van der Waals surface area contributed by atoms with Gasteiger partial charge >= 0.3 is 6.09 Å². The average molecular weight is 473 g/mol. The SMILES string of the molecule is CC(C)(C)OC(=O)N1CCC(Oc2cccc3c2CCN3c2ccc(S(C)(=O)=O)cc2)CC1. The van der Waals surface area contributed by atoms with Crippen molar-refractivity contribution in [3.8, 4) is 5.75 Å². The van der Waals surface area contributed by atoms with E-state index in [1.807, 2.05) is 45.0 Å². The number of carbonyl (C=O) groups excluding carboxylic acids is 1. The molecule has 0 unspecified atom stereocenters. The van der Waals surface area contributed by atoms with Gasteiger partial charge in [-0.2, -0.15) is 0 Å². The summed E-state index contributed by atoms with van der Waals surface area (Å²) in [6.45, 7) is 7.67. The van der Waals surface area contributed by atoms with Crippen LogP contribution in [0.2, 0.25) is 0 Å². The van der Waals surface area contributed by atoms with Gasteiger partial charge in [0.1, 0.15) is 17.5 Å². The van der Waals surface area contributed by atoms with Crippen molar-refractivity contribution >= 4 is 27.3 Å². The van der Waals surface area contributed by atoms with E-state index in [1.54, 1.807) is 17.0 Å². The predicted molar refractivity (Wildman–Crippen MR) is 128 cm³/mol. The van der Waals surface area contributed by atoms with Gasteiger partial charge in [0, 0.05) is 55.7 Å². The van der Waals surface area contributed by atoms with Gasteiger partial charge in [-0.1, -0.05) is 6.07 Å². The summed E-state index contributed by atoms with van der Waals surface area (Å²) < 4.78 is 35.4. The highest BCUT2D eigenvalue weighted by molar-refractivity contribution is 7.90. The summed E-state index contributed by atoms with van der Waals surface area (Å²) in [4.78, 5) is 16.6. The summed E-state index contributed by atoms with van der Waals surface area (Å²) in [5.41, 5.74) is 2.72. The molecule has 4 rings (SSSR count). The average Bonchev–Trinajstić information content (AvgIpc) is 3.18. The second kappa shape index (κ2) is 8.89. The molecule has 1 saturated heterocycles. The maximum absolute atomic E-state index is 12.3. The summed E-state index contributed by atoms with van der Waals surface area (Å²) in [5.74, 6) is 0.887. The van der Waals surface area contributed by atoms with E-state index in [0.717, 1.165) is 42.9 Å². The molecule has 0 bridgehead atoms. The Morgan fingerprint density at radius 1 is 1.00 bits per heavy atom. The zero-order valence-electron chi connectivity index (χ0n) is 19.7. The molecule has 8 heteroatoms. The number of piperidine rings is 1. The van der Waals surface area contributed by atoms with E-state index < -0.39 is 15.4 Å². The third-order valence-corrected chi connectivity index (χ3v) is 7.08. The van der Waals surface area contributed by atoms with Crippen LogP contribution >= 0.6 is 0 Å². The van der Waals surface area contributed by atoms with Gasteiger partial charge in [-0.15, -0.1) is 0 Å². The van der Waals surface area contributed by atoms with Gasteiger partial charge in [0.25, 0.3) is 0 Å². The summed E-state index contributed by atoms with van der Waals surface area (Å²) in [6, 6.07) is 13.1. The molecule has 33 heavy (non-hydrogen) atoms. The lowest BCUT2D eigenvalue weighted by Gasteiger charge is -2.33. The minimum Gasteiger partial charge on any atom is -0.490 e. The number of likely N-dealkylation sites (tertiary alicyclic amines) is 1. The molecule has 2 aliphatic heterocycles. The highest BCUT2D eigenvalue weighted by Crippen LogP contribution is 2.40. The minimum absolute atomic E-state index is 0.0540. The second-order valence-electron chi connectivity index (χ2n) is 9.71. The van der Waals surface area contributed by atoms with Crippen LogP contribution in [0.25, 0.3) is 0 Å². The van der Waals surface area contributed by atoms with Gasteiger partial charge in [-0.05, 0) is 63.6 Å². The van der Waals surface area contributed by atoms with E-state index in [0.29, 0.717) is 18.0 Å². The molecule has 2 aliphatic rings. The third kappa shape index (κ3) is 5.43. The summed E-state index contributed by atoms with van der Waals surface area (Å²) in [5, 5.41) is 0. The van der Waals surface area contributed by atoms with E-state index in [2.05, 4.69) is 11.0 Å². The van der Waals surface area contributed by atoms with Crippen molar-refractivity contribution in [2.24, 2.45) is 0 Å². The van der Waals surface area contributed by atoms with Crippen LogP contribution in [-0.4, -0.2) is 57.0 Å². The maximum Gasteiger partial charge on any atom is 0.410 e. The topological polar surface area (TPSA) is 76.2 Å². The Kier molecular flexibility index (Phi) is 6.31. The van der Waals surface area contributed by atoms with Gasteiger partial charge in [0.05, 0.1) is 4.90 Å². The zero-order chi connectivity index (χ0) is 23.8. The van der Waals surface area contributed by atoms with Gasteiger partial charge < -0.3 is 19.3 Å². The molecule has 0 spiro atoms. The molecule has 178 valence electrons. The molecule has 0 radical (unpaired) electrons. The number of anilines is 2. The first-order chi connectivity index (χ1) is 15.5. The van der Waals surface area contributed by atoms with Gasteiger partial charge in [-0.25, -0.2) is 13.2 Å². The molecule has 1 fully saturated rings. The van der Waals surface area contributed by atoms with Gasteiger partial charge in [0.2, 0.25) is 0 Å². The predicted octanol–water partition coefficient (Wildman–Crippen LogP) is 4.56. The van der Waals surface area contributed by atoms with Crippen molar-refractivity contribution in [3.63, 3.8) is 0 Å². The quantitative estimate of drug-likeness (QED) is 0.649. The molecular formula is C25H32N2O5S. The Balaban J connectivity index is 1.42. The van der Waals surface area contributed by atoms with E-state index >= 15 is 0 Å². The van der Waals surface area contributed by atoms with Crippen LogP contribution in [0.4, 0.5) is 16.2 Å². The van der Waals surface area contributed by atoms with Gasteiger partial charge in [0.15, 0.2) is 9.84 Å². The van der Waals surface area contributed by atoms with E-state index in [4.69, 9.17) is 9.47 Å². The van der Waals surface area contributed by atoms with Crippen LogP contribution in [-0.2, 0) is 21.0 Å². The number of ether oxygens (including phenoxy) is 2. The van der Waals surface area contributed by atoms with Crippen molar-refractivity contribution < 1.29 is 22.7 Å². The number of carbonyl (C=O) groups is 1. The number of amides is 1. The highest BCUT2D eigenvalue weighted by atomic mass is 32.2. The largest absolute Gasteiger partial charge is 0.490 e. The lowest BCUT2D eigenvalue weighted by atomic mass is 10.1. The molecule has 2 heterocycles. The lowest BCUT2D eigenvalue weighted by Crippen LogP contribution is -2.44. The fraction of sp³-hybridized carbons (Fsp3) is 0.480. The van der Waals surface area contributed by atoms with Crippen LogP contribution in [0.5, 0.6) is 5.75 Å². The molecule has 7 nitrogen and oxygen atoms in total. The number of hydrogen-bond donors (Lipinski definition) is 0. The maximum atomic E-state index is 12.3. The normalized spacial score (nSPS) is 17.1. The number of sulfone groups is 1. The fourth-order valence-electron chi connectivity index (χ4n) is 4.32. The monoisotopic (exact) mass is 472 g/mol. The lowest BCUT2D eigenvalue weighted by molar-refractivity contribution is 0.0126. The summed E-state index contributed by atoms with van der Waals surface area (Å²) in [7, 11) is -3.22. The minimum atomic E-state index is -3.22. The van der Waals surface area contributed by atoms with E-state index in [-0.39, 0.29) is 12.2 Å². The van der Waals surface area contributed by atoms with E-state index in [1.165, 1.54) is 11.8 Å². The summed E-state index contributed by atoms with van der Waals surface area (Å²) in [6.07, 6.45) is 3.39. The number of hydrogen-bond acceptors (Lipinski definition) is 6. The number of nitrogens with zero attached hydrogens (tertiary/aromatic N) is 2. The summed E-state index contributed by atoms with van der Waals surface area (Å²) >= 11 is 0. The zero-order valence-corrected chi connectivity index (χ0v) is 20.5. The first-order valence-electron chi connectivity index (χ1n) is 11.4. The smallest absolute Gasteiger partial charge is 0.410 e. The van der Waals surface area contributed by atoms with Crippen molar-refractivity contribution in [2.75, 3.05) is 30.8 Å². The molecule has 0 saturated carbocycles. The first kappa shape index (κ1) is 23.4. The van der Waals surface area contributed by atoms with E-state index in [9.17, 15) is 13.2 Å². The van der Waals surface area contributed by atoms with Gasteiger partial charge in [-0.3, -0.25) is 0 Å². The Labute approximate surface area is 196 Å². The standard InChI is InChI=1S/C25H32N2O5S/c1-25(2,3)32-24(28)26-15-12-19(13-16-26)31-23-7-5-6-22-21(23)14-17-27(22)18-8-10-20(11-9-18)33(4,29)30/h5-11,19H,12-17H2,1-4H3. The molecule has 2 aromatic rings. The fourth-order valence-corrected chi connectivity index (χ4v) is 4.95. The second-order valence-corrected chi connectivity index (χ2v) is 11.7. The molecule has 0 aromatic heterocycles. The Morgan fingerprint density at radius 3 is 2.27 bits per heavy atom. The third-order valence-electron chi connectivity index (χ3n) is 5.95. The molecule has 0 atom stereocenters. The Bertz CT molecular complexity index is 1110. The number of rotatable bonds is 4. The van der Waals surface area contributed by atoms with Crippen molar-refractivity contribution in [3.05, 3.63) is 48.0 Å². The molecule has 0 N–H and O–H groups in total. The Morgan fingerprint density at radius 2 is 1.67 bits per heavy atom. The molecular weight excluding hydrogens is 440 g/mol. The molecule has 0 aliphatic carbocycles. The highest BCUT2D eigenvalue weighted by Gasteiger charge is 2.29. The van der Waals surface area contributed by atoms with Crippen molar-refractivity contribution in [1.82, 2.24) is 4.90 Å².